The van der Waals surface area contributed by atoms with Crippen molar-refractivity contribution < 1.29 is 9.53 Å². The number of hydrogen-bond donors (Lipinski definition) is 1. The maximum atomic E-state index is 12.3. The normalized spacial score (nSPS) is 12.1. The first-order valence-electron chi connectivity index (χ1n) is 7.70. The highest BCUT2D eigenvalue weighted by Gasteiger charge is 2.21. The summed E-state index contributed by atoms with van der Waals surface area (Å²) < 4.78 is 5.93. The standard InChI is InChI=1S/C17H28N2O2/c1-6-19(7-2)17(20)14(5)21-16-12(3)10-15(8-9-18)11-13(16)4/h10-11,14H,6-9,18H2,1-5H3. The zero-order chi connectivity index (χ0) is 16.0. The van der Waals surface area contributed by atoms with Gasteiger partial charge in [-0.3, -0.25) is 4.79 Å². The molecule has 0 fully saturated rings. The van der Waals surface area contributed by atoms with E-state index in [2.05, 4.69) is 12.1 Å². The predicted octanol–water partition coefficient (Wildman–Crippen LogP) is 2.44. The molecule has 0 aromatic heterocycles. The quantitative estimate of drug-likeness (QED) is 0.840. The molecule has 1 atom stereocenters. The Labute approximate surface area is 128 Å². The second-order valence-corrected chi connectivity index (χ2v) is 5.37. The Kier molecular flexibility index (Phi) is 6.69. The van der Waals surface area contributed by atoms with Gasteiger partial charge < -0.3 is 15.4 Å². The van der Waals surface area contributed by atoms with Crippen LogP contribution in [0.3, 0.4) is 0 Å². The average Bonchev–Trinajstić information content (AvgIpc) is 2.44. The van der Waals surface area contributed by atoms with Gasteiger partial charge in [0.2, 0.25) is 0 Å². The first kappa shape index (κ1) is 17.5. The van der Waals surface area contributed by atoms with Crippen molar-refractivity contribution in [1.29, 1.82) is 0 Å². The number of aryl methyl sites for hydroxylation is 2. The number of carbonyl (C=O) groups is 1. The summed E-state index contributed by atoms with van der Waals surface area (Å²) in [4.78, 5) is 14.1. The summed E-state index contributed by atoms with van der Waals surface area (Å²) in [7, 11) is 0. The third-order valence-electron chi connectivity index (χ3n) is 3.67. The molecule has 0 aliphatic heterocycles. The largest absolute Gasteiger partial charge is 0.480 e. The van der Waals surface area contributed by atoms with Gasteiger partial charge in [0.05, 0.1) is 0 Å². The first-order chi connectivity index (χ1) is 9.94. The number of ether oxygens (including phenoxy) is 1. The van der Waals surface area contributed by atoms with Crippen LogP contribution in [0.15, 0.2) is 12.1 Å². The summed E-state index contributed by atoms with van der Waals surface area (Å²) in [5, 5.41) is 0. The van der Waals surface area contributed by atoms with E-state index in [4.69, 9.17) is 10.5 Å². The van der Waals surface area contributed by atoms with Crippen LogP contribution < -0.4 is 10.5 Å². The van der Waals surface area contributed by atoms with Crippen molar-refractivity contribution in [2.75, 3.05) is 19.6 Å². The smallest absolute Gasteiger partial charge is 0.263 e. The molecule has 21 heavy (non-hydrogen) atoms. The molecule has 1 aromatic rings. The van der Waals surface area contributed by atoms with Crippen LogP contribution in [-0.2, 0) is 11.2 Å². The molecular formula is C17H28N2O2. The molecule has 0 saturated heterocycles. The minimum absolute atomic E-state index is 0.0323. The van der Waals surface area contributed by atoms with Gasteiger partial charge >= 0.3 is 0 Å². The van der Waals surface area contributed by atoms with Gasteiger partial charge in [0.1, 0.15) is 5.75 Å². The van der Waals surface area contributed by atoms with Gasteiger partial charge in [-0.05, 0) is 64.3 Å². The summed E-state index contributed by atoms with van der Waals surface area (Å²) in [6.45, 7) is 11.8. The second-order valence-electron chi connectivity index (χ2n) is 5.37. The van der Waals surface area contributed by atoms with E-state index in [1.807, 2.05) is 34.6 Å². The van der Waals surface area contributed by atoms with Gasteiger partial charge in [0, 0.05) is 13.1 Å². The third kappa shape index (κ3) is 4.46. The number of rotatable bonds is 7. The Morgan fingerprint density at radius 2 is 1.76 bits per heavy atom. The molecule has 0 aliphatic carbocycles. The lowest BCUT2D eigenvalue weighted by Gasteiger charge is -2.25. The van der Waals surface area contributed by atoms with Gasteiger partial charge in [-0.25, -0.2) is 0 Å². The van der Waals surface area contributed by atoms with Gasteiger partial charge in [-0.15, -0.1) is 0 Å². The number of likely N-dealkylation sites (N-methyl/N-ethyl adjacent to an activating group) is 1. The number of hydrogen-bond acceptors (Lipinski definition) is 3. The molecule has 1 unspecified atom stereocenters. The summed E-state index contributed by atoms with van der Waals surface area (Å²) >= 11 is 0. The van der Waals surface area contributed by atoms with Crippen molar-refractivity contribution in [1.82, 2.24) is 4.90 Å². The molecule has 0 spiro atoms. The average molecular weight is 292 g/mol. The van der Waals surface area contributed by atoms with E-state index in [9.17, 15) is 4.79 Å². The fourth-order valence-electron chi connectivity index (χ4n) is 2.56. The van der Waals surface area contributed by atoms with Crippen LogP contribution in [-0.4, -0.2) is 36.5 Å². The summed E-state index contributed by atoms with van der Waals surface area (Å²) in [5.74, 6) is 0.841. The number of nitrogens with zero attached hydrogens (tertiary/aromatic N) is 1. The van der Waals surface area contributed by atoms with Crippen LogP contribution in [0.5, 0.6) is 5.75 Å². The molecule has 0 saturated carbocycles. The maximum absolute atomic E-state index is 12.3. The summed E-state index contributed by atoms with van der Waals surface area (Å²) in [5.41, 5.74) is 8.92. The predicted molar refractivity (Wildman–Crippen MR) is 86.7 cm³/mol. The van der Waals surface area contributed by atoms with Crippen molar-refractivity contribution in [3.63, 3.8) is 0 Å². The molecule has 4 nitrogen and oxygen atoms in total. The van der Waals surface area contributed by atoms with E-state index in [0.29, 0.717) is 19.6 Å². The zero-order valence-corrected chi connectivity index (χ0v) is 13.9. The lowest BCUT2D eigenvalue weighted by atomic mass is 10.0. The number of nitrogens with two attached hydrogens (primary N) is 1. The summed E-state index contributed by atoms with van der Waals surface area (Å²) in [6.07, 6.45) is 0.387. The van der Waals surface area contributed by atoms with Gasteiger partial charge in [0.15, 0.2) is 6.10 Å². The minimum atomic E-state index is -0.470. The van der Waals surface area contributed by atoms with Crippen molar-refractivity contribution >= 4 is 5.91 Å². The van der Waals surface area contributed by atoms with Crippen LogP contribution >= 0.6 is 0 Å². The van der Waals surface area contributed by atoms with Crippen LogP contribution in [0.4, 0.5) is 0 Å². The van der Waals surface area contributed by atoms with Crippen molar-refractivity contribution in [2.24, 2.45) is 5.73 Å². The monoisotopic (exact) mass is 292 g/mol. The van der Waals surface area contributed by atoms with E-state index < -0.39 is 6.10 Å². The molecule has 1 aromatic carbocycles. The number of carbonyl (C=O) groups excluding carboxylic acids is 1. The second kappa shape index (κ2) is 8.03. The highest BCUT2D eigenvalue weighted by atomic mass is 16.5. The Bertz CT molecular complexity index is 459. The zero-order valence-electron chi connectivity index (χ0n) is 13.9. The van der Waals surface area contributed by atoms with E-state index in [0.717, 1.165) is 23.3 Å². The molecule has 2 N–H and O–H groups in total. The molecule has 1 amide bonds. The molecular weight excluding hydrogens is 264 g/mol. The molecule has 0 heterocycles. The minimum Gasteiger partial charge on any atom is -0.480 e. The van der Waals surface area contributed by atoms with E-state index >= 15 is 0 Å². The first-order valence-corrected chi connectivity index (χ1v) is 7.70. The highest BCUT2D eigenvalue weighted by Crippen LogP contribution is 2.26. The Hall–Kier alpha value is -1.55. The Morgan fingerprint density at radius 3 is 2.19 bits per heavy atom. The van der Waals surface area contributed by atoms with Crippen LogP contribution in [0, 0.1) is 13.8 Å². The molecule has 1 rings (SSSR count). The van der Waals surface area contributed by atoms with Gasteiger partial charge in [-0.2, -0.15) is 0 Å². The van der Waals surface area contributed by atoms with Crippen LogP contribution in [0.2, 0.25) is 0 Å². The molecule has 0 radical (unpaired) electrons. The fourth-order valence-corrected chi connectivity index (χ4v) is 2.56. The van der Waals surface area contributed by atoms with Crippen molar-refractivity contribution in [2.45, 2.75) is 47.1 Å². The van der Waals surface area contributed by atoms with E-state index in [1.54, 1.807) is 4.90 Å². The third-order valence-corrected chi connectivity index (χ3v) is 3.67. The highest BCUT2D eigenvalue weighted by molar-refractivity contribution is 5.81. The lowest BCUT2D eigenvalue weighted by Crippen LogP contribution is -2.40. The van der Waals surface area contributed by atoms with Gasteiger partial charge in [-0.1, -0.05) is 12.1 Å². The molecule has 0 bridgehead atoms. The van der Waals surface area contributed by atoms with Crippen LogP contribution in [0.25, 0.3) is 0 Å². The molecule has 4 heteroatoms. The van der Waals surface area contributed by atoms with Gasteiger partial charge in [0.25, 0.3) is 5.91 Å². The Balaban J connectivity index is 2.90. The Morgan fingerprint density at radius 1 is 1.24 bits per heavy atom. The number of benzene rings is 1. The topological polar surface area (TPSA) is 55.6 Å². The van der Waals surface area contributed by atoms with E-state index in [-0.39, 0.29) is 5.91 Å². The summed E-state index contributed by atoms with van der Waals surface area (Å²) in [6, 6.07) is 4.17. The molecule has 118 valence electrons. The molecule has 0 aliphatic rings. The SMILES string of the molecule is CCN(CC)C(=O)C(C)Oc1c(C)cc(CCN)cc1C. The fraction of sp³-hybridized carbons (Fsp3) is 0.588. The lowest BCUT2D eigenvalue weighted by molar-refractivity contribution is -0.137. The van der Waals surface area contributed by atoms with E-state index in [1.165, 1.54) is 5.56 Å². The number of amides is 1. The van der Waals surface area contributed by atoms with Crippen LogP contribution in [0.1, 0.15) is 37.5 Å². The van der Waals surface area contributed by atoms with Crippen molar-refractivity contribution in [3.8, 4) is 5.75 Å². The van der Waals surface area contributed by atoms with Crippen molar-refractivity contribution in [3.05, 3.63) is 28.8 Å². The maximum Gasteiger partial charge on any atom is 0.263 e.